The van der Waals surface area contributed by atoms with Crippen molar-refractivity contribution in [1.82, 2.24) is 19.7 Å². The molecule has 1 aromatic carbocycles. The van der Waals surface area contributed by atoms with Crippen LogP contribution in [0, 0.1) is 11.8 Å². The maximum Gasteiger partial charge on any atom is 0.416 e. The van der Waals surface area contributed by atoms with E-state index in [1.165, 1.54) is 29.4 Å². The summed E-state index contributed by atoms with van der Waals surface area (Å²) >= 11 is 0. The molecule has 2 aliphatic rings. The van der Waals surface area contributed by atoms with Gasteiger partial charge in [0.2, 0.25) is 5.91 Å². The van der Waals surface area contributed by atoms with Gasteiger partial charge in [-0.15, -0.1) is 5.10 Å². The summed E-state index contributed by atoms with van der Waals surface area (Å²) in [6.07, 6.45) is -0.625. The number of nitrogens with zero attached hydrogens (tertiary/aromatic N) is 4. The van der Waals surface area contributed by atoms with Crippen LogP contribution in [0.1, 0.15) is 11.1 Å². The number of nitrogens with two attached hydrogens (primary N) is 1. The van der Waals surface area contributed by atoms with Crippen molar-refractivity contribution in [2.75, 3.05) is 13.1 Å². The first-order valence-corrected chi connectivity index (χ1v) is 8.67. The highest BCUT2D eigenvalue weighted by molar-refractivity contribution is 5.90. The van der Waals surface area contributed by atoms with Crippen molar-refractivity contribution < 1.29 is 22.4 Å². The Balaban J connectivity index is 1.49. The normalized spacial score (nSPS) is 24.0. The average Bonchev–Trinajstić information content (AvgIpc) is 3.08. The van der Waals surface area contributed by atoms with E-state index in [9.17, 15) is 22.4 Å². The molecule has 148 valence electrons. The van der Waals surface area contributed by atoms with Crippen LogP contribution in [0.25, 0.3) is 17.6 Å². The molecule has 2 N–H and O–H groups in total. The summed E-state index contributed by atoms with van der Waals surface area (Å²) in [5.41, 5.74) is 4.81. The molecule has 1 amide bonds. The van der Waals surface area contributed by atoms with E-state index in [0.29, 0.717) is 24.9 Å². The van der Waals surface area contributed by atoms with E-state index >= 15 is 0 Å². The molecule has 0 spiro atoms. The third kappa shape index (κ3) is 3.51. The Morgan fingerprint density at radius 3 is 2.61 bits per heavy atom. The summed E-state index contributed by atoms with van der Waals surface area (Å²) in [5, 5.41) is 4.05. The van der Waals surface area contributed by atoms with Gasteiger partial charge in [0.05, 0.1) is 5.56 Å². The SMILES string of the molecule is NC1C2CN(C(=O)/C=C\n3cnc(-c4cc(CF)cc(C(F)(F)F)c4)n3)CC12. The molecule has 2 unspecified atom stereocenters. The van der Waals surface area contributed by atoms with Crippen molar-refractivity contribution in [3.05, 3.63) is 41.7 Å². The van der Waals surface area contributed by atoms with E-state index in [4.69, 9.17) is 5.73 Å². The summed E-state index contributed by atoms with van der Waals surface area (Å²) in [7, 11) is 0. The molecule has 2 heterocycles. The second kappa shape index (κ2) is 6.69. The first-order chi connectivity index (χ1) is 13.3. The van der Waals surface area contributed by atoms with Crippen LogP contribution >= 0.6 is 0 Å². The number of hydrogen-bond donors (Lipinski definition) is 1. The highest BCUT2D eigenvalue weighted by Gasteiger charge is 2.54. The predicted molar refractivity (Wildman–Crippen MR) is 92.1 cm³/mol. The number of piperidine rings is 1. The number of alkyl halides is 4. The number of likely N-dealkylation sites (tertiary alicyclic amines) is 1. The Hall–Kier alpha value is -2.75. The summed E-state index contributed by atoms with van der Waals surface area (Å²) in [5.74, 6) is 0.573. The number of fused-ring (bicyclic) bond motifs is 1. The molecule has 2 atom stereocenters. The lowest BCUT2D eigenvalue weighted by Crippen LogP contribution is -2.32. The molecule has 0 radical (unpaired) electrons. The number of benzene rings is 1. The lowest BCUT2D eigenvalue weighted by atomic mass is 10.1. The van der Waals surface area contributed by atoms with Crippen molar-refractivity contribution in [2.45, 2.75) is 18.9 Å². The zero-order valence-electron chi connectivity index (χ0n) is 14.6. The van der Waals surface area contributed by atoms with Crippen molar-refractivity contribution in [3.8, 4) is 11.4 Å². The quantitative estimate of drug-likeness (QED) is 0.637. The number of carbonyl (C=O) groups is 1. The molecule has 4 rings (SSSR count). The van der Waals surface area contributed by atoms with Gasteiger partial charge in [-0.05, 0) is 35.6 Å². The van der Waals surface area contributed by atoms with Crippen LogP contribution in [0.15, 0.2) is 30.6 Å². The Labute approximate surface area is 157 Å². The maximum absolute atomic E-state index is 13.0. The summed E-state index contributed by atoms with van der Waals surface area (Å²) < 4.78 is 53.1. The minimum Gasteiger partial charge on any atom is -0.338 e. The molecule has 6 nitrogen and oxygen atoms in total. The first-order valence-electron chi connectivity index (χ1n) is 8.67. The first kappa shape index (κ1) is 18.6. The van der Waals surface area contributed by atoms with Crippen molar-refractivity contribution in [1.29, 1.82) is 0 Å². The second-order valence-corrected chi connectivity index (χ2v) is 7.06. The van der Waals surface area contributed by atoms with Gasteiger partial charge in [0.1, 0.15) is 13.0 Å². The third-order valence-electron chi connectivity index (χ3n) is 5.18. The molecular formula is C18H17F4N5O. The predicted octanol–water partition coefficient (Wildman–Crippen LogP) is 2.32. The van der Waals surface area contributed by atoms with E-state index in [0.717, 1.165) is 12.1 Å². The zero-order chi connectivity index (χ0) is 20.1. The van der Waals surface area contributed by atoms with E-state index in [2.05, 4.69) is 10.1 Å². The minimum atomic E-state index is -4.60. The Morgan fingerprint density at radius 1 is 1.25 bits per heavy atom. The highest BCUT2D eigenvalue weighted by atomic mass is 19.4. The van der Waals surface area contributed by atoms with Crippen molar-refractivity contribution in [3.63, 3.8) is 0 Å². The van der Waals surface area contributed by atoms with Crippen molar-refractivity contribution in [2.24, 2.45) is 17.6 Å². The summed E-state index contributed by atoms with van der Waals surface area (Å²) in [6, 6.07) is 3.08. The zero-order valence-corrected chi connectivity index (χ0v) is 14.6. The molecule has 1 saturated carbocycles. The van der Waals surface area contributed by atoms with Gasteiger partial charge in [-0.2, -0.15) is 13.2 Å². The largest absolute Gasteiger partial charge is 0.416 e. The standard InChI is InChI=1S/C18H17F4N5O/c19-6-10-3-11(5-12(4-10)18(20,21)22)17-24-9-27(25-17)2-1-15(28)26-7-13-14(8-26)16(13)23/h1-5,9,13-14,16H,6-8,23H2/b2-1-. The molecular weight excluding hydrogens is 378 g/mol. The number of amides is 1. The van der Waals surface area contributed by atoms with E-state index in [1.807, 2.05) is 0 Å². The molecule has 1 aromatic heterocycles. The van der Waals surface area contributed by atoms with Gasteiger partial charge in [0, 0.05) is 37.0 Å². The number of hydrogen-bond acceptors (Lipinski definition) is 4. The fourth-order valence-corrected chi connectivity index (χ4v) is 3.54. The fourth-order valence-electron chi connectivity index (χ4n) is 3.54. The van der Waals surface area contributed by atoms with Gasteiger partial charge in [-0.25, -0.2) is 14.1 Å². The van der Waals surface area contributed by atoms with Gasteiger partial charge in [-0.1, -0.05) is 0 Å². The maximum atomic E-state index is 13.0. The fraction of sp³-hybridized carbons (Fsp3) is 0.389. The highest BCUT2D eigenvalue weighted by Crippen LogP contribution is 2.43. The molecule has 2 aromatic rings. The third-order valence-corrected chi connectivity index (χ3v) is 5.18. The molecule has 28 heavy (non-hydrogen) atoms. The Kier molecular flexibility index (Phi) is 4.45. The smallest absolute Gasteiger partial charge is 0.338 e. The number of halogens is 4. The second-order valence-electron chi connectivity index (χ2n) is 7.06. The summed E-state index contributed by atoms with van der Waals surface area (Å²) in [4.78, 5) is 17.8. The lowest BCUT2D eigenvalue weighted by Gasteiger charge is -2.16. The average molecular weight is 395 g/mol. The van der Waals surface area contributed by atoms with Crippen LogP contribution in [0.4, 0.5) is 17.6 Å². The monoisotopic (exact) mass is 395 g/mol. The van der Waals surface area contributed by atoms with Gasteiger partial charge >= 0.3 is 6.18 Å². The van der Waals surface area contributed by atoms with Gasteiger partial charge in [0.25, 0.3) is 0 Å². The van der Waals surface area contributed by atoms with Crippen molar-refractivity contribution >= 4 is 12.1 Å². The molecule has 0 bridgehead atoms. The van der Waals surface area contributed by atoms with E-state index in [1.54, 1.807) is 4.90 Å². The van der Waals surface area contributed by atoms with Gasteiger partial charge in [-0.3, -0.25) is 4.79 Å². The van der Waals surface area contributed by atoms with E-state index < -0.39 is 18.4 Å². The van der Waals surface area contributed by atoms with Crippen LogP contribution in [0.2, 0.25) is 0 Å². The number of rotatable bonds is 4. The van der Waals surface area contributed by atoms with Gasteiger partial charge in [0.15, 0.2) is 5.82 Å². The summed E-state index contributed by atoms with van der Waals surface area (Å²) in [6.45, 7) is 0.231. The molecule has 2 fully saturated rings. The molecule has 10 heteroatoms. The topological polar surface area (TPSA) is 77.0 Å². The van der Waals surface area contributed by atoms with Crippen LogP contribution in [-0.2, 0) is 17.6 Å². The molecule has 1 aliphatic carbocycles. The number of aromatic nitrogens is 3. The Morgan fingerprint density at radius 2 is 1.96 bits per heavy atom. The number of carbonyl (C=O) groups excluding carboxylic acids is 1. The van der Waals surface area contributed by atoms with E-state index in [-0.39, 0.29) is 28.9 Å². The van der Waals surface area contributed by atoms with Crippen LogP contribution < -0.4 is 5.73 Å². The Bertz CT molecular complexity index is 926. The minimum absolute atomic E-state index is 0.00582. The van der Waals surface area contributed by atoms with Crippen LogP contribution in [0.3, 0.4) is 0 Å². The van der Waals surface area contributed by atoms with Crippen LogP contribution in [0.5, 0.6) is 0 Å². The molecule has 1 aliphatic heterocycles. The molecule has 1 saturated heterocycles. The van der Waals surface area contributed by atoms with Crippen LogP contribution in [-0.4, -0.2) is 44.7 Å². The lowest BCUT2D eigenvalue weighted by molar-refractivity contribution is -0.137. The van der Waals surface area contributed by atoms with Gasteiger partial charge < -0.3 is 10.6 Å².